The van der Waals surface area contributed by atoms with Crippen LogP contribution < -0.4 is 5.32 Å². The van der Waals surface area contributed by atoms with Gasteiger partial charge in [0.25, 0.3) is 0 Å². The van der Waals surface area contributed by atoms with E-state index in [0.717, 1.165) is 16.3 Å². The number of hydrogen-bond donors (Lipinski definition) is 1. The van der Waals surface area contributed by atoms with Crippen LogP contribution in [-0.4, -0.2) is 11.0 Å². The van der Waals surface area contributed by atoms with Gasteiger partial charge in [-0.1, -0.05) is 26.0 Å². The largest absolute Gasteiger partial charge is 0.302 e. The molecular formula is C17H23FN2S. The predicted molar refractivity (Wildman–Crippen MR) is 87.5 cm³/mol. The molecule has 0 radical (unpaired) electrons. The number of halogens is 1. The lowest BCUT2D eigenvalue weighted by molar-refractivity contribution is 0.521. The zero-order chi connectivity index (χ0) is 15.6. The highest BCUT2D eigenvalue weighted by Crippen LogP contribution is 2.29. The molecule has 0 aliphatic heterocycles. The van der Waals surface area contributed by atoms with Gasteiger partial charge in [0.15, 0.2) is 0 Å². The third-order valence-corrected chi connectivity index (χ3v) is 4.34. The van der Waals surface area contributed by atoms with E-state index in [2.05, 4.69) is 38.4 Å². The summed E-state index contributed by atoms with van der Waals surface area (Å²) in [5, 5.41) is 6.59. The third-order valence-electron chi connectivity index (χ3n) is 3.41. The molecule has 0 saturated carbocycles. The number of hydrogen-bond acceptors (Lipinski definition) is 3. The molecule has 0 aliphatic rings. The van der Waals surface area contributed by atoms with Gasteiger partial charge < -0.3 is 5.32 Å². The van der Waals surface area contributed by atoms with Crippen molar-refractivity contribution in [3.63, 3.8) is 0 Å². The van der Waals surface area contributed by atoms with E-state index in [1.54, 1.807) is 24.3 Å². The minimum absolute atomic E-state index is 0.0578. The molecule has 0 amide bonds. The van der Waals surface area contributed by atoms with Crippen molar-refractivity contribution in [2.45, 2.75) is 52.6 Å². The van der Waals surface area contributed by atoms with E-state index in [4.69, 9.17) is 4.98 Å². The maximum atomic E-state index is 13.9. The summed E-state index contributed by atoms with van der Waals surface area (Å²) < 4.78 is 13.9. The highest BCUT2D eigenvalue weighted by Gasteiger charge is 2.20. The summed E-state index contributed by atoms with van der Waals surface area (Å²) in [7, 11) is 0. The van der Waals surface area contributed by atoms with Gasteiger partial charge in [-0.2, -0.15) is 0 Å². The zero-order valence-corrected chi connectivity index (χ0v) is 14.1. The number of benzene rings is 1. The Hall–Kier alpha value is -1.26. The van der Waals surface area contributed by atoms with Crippen LogP contribution in [0.4, 0.5) is 4.39 Å². The van der Waals surface area contributed by atoms with Crippen molar-refractivity contribution in [2.75, 3.05) is 0 Å². The standard InChI is InChI=1S/C17H23FN2S/c1-10(2)15-9-21-17(20-15)16(19-11(3)4)13-7-6-12(5)14(18)8-13/h6-11,16,19H,1-5H3. The van der Waals surface area contributed by atoms with Crippen LogP contribution in [0.2, 0.25) is 0 Å². The molecule has 2 rings (SSSR count). The monoisotopic (exact) mass is 306 g/mol. The van der Waals surface area contributed by atoms with Crippen molar-refractivity contribution in [1.29, 1.82) is 0 Å². The quantitative estimate of drug-likeness (QED) is 0.858. The lowest BCUT2D eigenvalue weighted by Gasteiger charge is -2.20. The molecule has 1 unspecified atom stereocenters. The lowest BCUT2D eigenvalue weighted by atomic mass is 10.0. The van der Waals surface area contributed by atoms with Crippen LogP contribution >= 0.6 is 11.3 Å². The molecule has 1 heterocycles. The van der Waals surface area contributed by atoms with Crippen LogP contribution in [0.1, 0.15) is 61.5 Å². The third kappa shape index (κ3) is 3.89. The van der Waals surface area contributed by atoms with Crippen molar-refractivity contribution in [2.24, 2.45) is 0 Å². The van der Waals surface area contributed by atoms with Gasteiger partial charge in [-0.3, -0.25) is 0 Å². The van der Waals surface area contributed by atoms with Gasteiger partial charge in [-0.15, -0.1) is 11.3 Å². The second kappa shape index (κ2) is 6.67. The molecule has 0 aliphatic carbocycles. The Kier molecular flexibility index (Phi) is 5.12. The highest BCUT2D eigenvalue weighted by atomic mass is 32.1. The van der Waals surface area contributed by atoms with E-state index in [1.807, 2.05) is 12.1 Å². The molecule has 2 nitrogen and oxygen atoms in total. The molecule has 4 heteroatoms. The minimum atomic E-state index is -0.163. The maximum Gasteiger partial charge on any atom is 0.126 e. The molecule has 0 fully saturated rings. The van der Waals surface area contributed by atoms with Gasteiger partial charge in [0.1, 0.15) is 10.8 Å². The second-order valence-corrected chi connectivity index (χ2v) is 6.92. The van der Waals surface area contributed by atoms with Gasteiger partial charge >= 0.3 is 0 Å². The summed E-state index contributed by atoms with van der Waals surface area (Å²) in [5.74, 6) is 0.244. The first-order chi connectivity index (χ1) is 9.88. The molecule has 0 bridgehead atoms. The van der Waals surface area contributed by atoms with E-state index < -0.39 is 0 Å². The van der Waals surface area contributed by atoms with Gasteiger partial charge in [-0.05, 0) is 43.9 Å². The van der Waals surface area contributed by atoms with Crippen molar-refractivity contribution >= 4 is 11.3 Å². The van der Waals surface area contributed by atoms with Crippen LogP contribution in [0.5, 0.6) is 0 Å². The molecule has 0 saturated heterocycles. The van der Waals surface area contributed by atoms with Crippen molar-refractivity contribution < 1.29 is 4.39 Å². The number of rotatable bonds is 5. The van der Waals surface area contributed by atoms with Gasteiger partial charge in [0.05, 0.1) is 11.7 Å². The topological polar surface area (TPSA) is 24.9 Å². The molecule has 21 heavy (non-hydrogen) atoms. The molecule has 1 aromatic carbocycles. The fraction of sp³-hybridized carbons (Fsp3) is 0.471. The average molecular weight is 306 g/mol. The molecular weight excluding hydrogens is 283 g/mol. The Morgan fingerprint density at radius 1 is 1.19 bits per heavy atom. The van der Waals surface area contributed by atoms with E-state index in [1.165, 1.54) is 0 Å². The fourth-order valence-electron chi connectivity index (χ4n) is 2.13. The Morgan fingerprint density at radius 2 is 1.90 bits per heavy atom. The van der Waals surface area contributed by atoms with Crippen LogP contribution in [0, 0.1) is 12.7 Å². The Morgan fingerprint density at radius 3 is 2.43 bits per heavy atom. The van der Waals surface area contributed by atoms with Gasteiger partial charge in [0, 0.05) is 11.4 Å². The molecule has 2 aromatic rings. The summed E-state index contributed by atoms with van der Waals surface area (Å²) in [6.45, 7) is 10.2. The smallest absolute Gasteiger partial charge is 0.126 e. The summed E-state index contributed by atoms with van der Waals surface area (Å²) in [5.41, 5.74) is 2.69. The number of aryl methyl sites for hydroxylation is 1. The summed E-state index contributed by atoms with van der Waals surface area (Å²) in [6, 6.07) is 5.67. The number of nitrogens with zero attached hydrogens (tertiary/aromatic N) is 1. The van der Waals surface area contributed by atoms with Crippen LogP contribution in [0.25, 0.3) is 0 Å². The van der Waals surface area contributed by atoms with E-state index in [0.29, 0.717) is 17.5 Å². The normalized spacial score (nSPS) is 13.1. The molecule has 1 N–H and O–H groups in total. The lowest BCUT2D eigenvalue weighted by Crippen LogP contribution is -2.29. The summed E-state index contributed by atoms with van der Waals surface area (Å²) in [4.78, 5) is 4.73. The van der Waals surface area contributed by atoms with Gasteiger partial charge in [0.2, 0.25) is 0 Å². The molecule has 1 atom stereocenters. The van der Waals surface area contributed by atoms with Crippen molar-refractivity contribution in [3.8, 4) is 0 Å². The van der Waals surface area contributed by atoms with Crippen molar-refractivity contribution in [3.05, 3.63) is 51.2 Å². The Balaban J connectivity index is 2.39. The highest BCUT2D eigenvalue weighted by molar-refractivity contribution is 7.09. The van der Waals surface area contributed by atoms with E-state index in [9.17, 15) is 4.39 Å². The number of nitrogens with one attached hydrogen (secondary N) is 1. The van der Waals surface area contributed by atoms with Crippen LogP contribution in [0.3, 0.4) is 0 Å². The summed E-state index contributed by atoms with van der Waals surface area (Å²) in [6.07, 6.45) is 0. The Bertz CT molecular complexity index is 605. The SMILES string of the molecule is Cc1ccc(C(NC(C)C)c2nc(C(C)C)cs2)cc1F. The maximum absolute atomic E-state index is 13.9. The fourth-order valence-corrected chi connectivity index (χ4v) is 3.20. The first-order valence-corrected chi connectivity index (χ1v) is 8.24. The van der Waals surface area contributed by atoms with Crippen molar-refractivity contribution in [1.82, 2.24) is 10.3 Å². The van der Waals surface area contributed by atoms with E-state index >= 15 is 0 Å². The molecule has 0 spiro atoms. The number of aromatic nitrogens is 1. The second-order valence-electron chi connectivity index (χ2n) is 6.03. The predicted octanol–water partition coefficient (Wildman–Crippen LogP) is 4.80. The molecule has 114 valence electrons. The van der Waals surface area contributed by atoms with Crippen LogP contribution in [-0.2, 0) is 0 Å². The number of thiazole rings is 1. The van der Waals surface area contributed by atoms with Crippen LogP contribution in [0.15, 0.2) is 23.6 Å². The van der Waals surface area contributed by atoms with Gasteiger partial charge in [-0.25, -0.2) is 9.37 Å². The summed E-state index contributed by atoms with van der Waals surface area (Å²) >= 11 is 1.64. The minimum Gasteiger partial charge on any atom is -0.302 e. The zero-order valence-electron chi connectivity index (χ0n) is 13.3. The first-order valence-electron chi connectivity index (χ1n) is 7.36. The molecule has 1 aromatic heterocycles. The Labute approximate surface area is 130 Å². The average Bonchev–Trinajstić information content (AvgIpc) is 2.89. The van der Waals surface area contributed by atoms with E-state index in [-0.39, 0.29) is 11.9 Å². The first kappa shape index (κ1) is 16.1.